The van der Waals surface area contributed by atoms with E-state index in [0.29, 0.717) is 18.4 Å². The highest BCUT2D eigenvalue weighted by atomic mass is 19.4. The van der Waals surface area contributed by atoms with Gasteiger partial charge in [0.05, 0.1) is 12.3 Å². The standard InChI is InChI=1S/C15H16F3NO4/c16-15(17,18)8-23-12-3-1-2-9(4-12)5-13(20)19-11-6-10(7-11)14(21)22/h1-4,10-11H,5-8H2,(H,19,20)(H,21,22). The Morgan fingerprint density at radius 3 is 2.61 bits per heavy atom. The molecule has 0 aromatic heterocycles. The predicted molar refractivity (Wildman–Crippen MR) is 74.0 cm³/mol. The number of aliphatic carboxylic acids is 1. The van der Waals surface area contributed by atoms with E-state index in [1.807, 2.05) is 0 Å². The molecule has 0 saturated heterocycles. The lowest BCUT2D eigenvalue weighted by atomic mass is 9.80. The molecule has 1 amide bonds. The molecular weight excluding hydrogens is 315 g/mol. The quantitative estimate of drug-likeness (QED) is 0.837. The van der Waals surface area contributed by atoms with Crippen molar-refractivity contribution in [3.8, 4) is 5.75 Å². The van der Waals surface area contributed by atoms with Crippen LogP contribution in [0.25, 0.3) is 0 Å². The first kappa shape index (κ1) is 17.1. The van der Waals surface area contributed by atoms with Gasteiger partial charge in [0, 0.05) is 6.04 Å². The minimum Gasteiger partial charge on any atom is -0.484 e. The van der Waals surface area contributed by atoms with E-state index >= 15 is 0 Å². The third-order valence-corrected chi connectivity index (χ3v) is 3.52. The number of alkyl halides is 3. The van der Waals surface area contributed by atoms with Crippen molar-refractivity contribution in [2.45, 2.75) is 31.5 Å². The van der Waals surface area contributed by atoms with Crippen LogP contribution in [0.1, 0.15) is 18.4 Å². The maximum atomic E-state index is 12.1. The van der Waals surface area contributed by atoms with Crippen LogP contribution >= 0.6 is 0 Å². The van der Waals surface area contributed by atoms with E-state index in [-0.39, 0.29) is 24.1 Å². The number of carbonyl (C=O) groups excluding carboxylic acids is 1. The molecule has 0 radical (unpaired) electrons. The molecular formula is C15H16F3NO4. The molecule has 0 spiro atoms. The monoisotopic (exact) mass is 331 g/mol. The Bertz CT molecular complexity index is 582. The highest BCUT2D eigenvalue weighted by Gasteiger charge is 2.35. The number of halogens is 3. The summed E-state index contributed by atoms with van der Waals surface area (Å²) in [7, 11) is 0. The summed E-state index contributed by atoms with van der Waals surface area (Å²) >= 11 is 0. The Morgan fingerprint density at radius 2 is 2.00 bits per heavy atom. The first-order valence-corrected chi connectivity index (χ1v) is 7.03. The summed E-state index contributed by atoms with van der Waals surface area (Å²) in [6.07, 6.45) is -3.62. The average Bonchev–Trinajstić information content (AvgIpc) is 2.39. The summed E-state index contributed by atoms with van der Waals surface area (Å²) in [4.78, 5) is 22.5. The Kier molecular flexibility index (Phi) is 5.12. The second-order valence-electron chi connectivity index (χ2n) is 5.50. The Hall–Kier alpha value is -2.25. The summed E-state index contributed by atoms with van der Waals surface area (Å²) in [6.45, 7) is -1.39. The number of hydrogen-bond acceptors (Lipinski definition) is 3. The van der Waals surface area contributed by atoms with Crippen LogP contribution in [0.15, 0.2) is 24.3 Å². The molecule has 0 bridgehead atoms. The molecule has 2 N–H and O–H groups in total. The fourth-order valence-electron chi connectivity index (χ4n) is 2.31. The zero-order chi connectivity index (χ0) is 17.0. The van der Waals surface area contributed by atoms with Crippen molar-refractivity contribution in [1.82, 2.24) is 5.32 Å². The maximum Gasteiger partial charge on any atom is 0.422 e. The van der Waals surface area contributed by atoms with Crippen molar-refractivity contribution >= 4 is 11.9 Å². The van der Waals surface area contributed by atoms with Gasteiger partial charge in [-0.3, -0.25) is 9.59 Å². The Morgan fingerprint density at radius 1 is 1.30 bits per heavy atom. The van der Waals surface area contributed by atoms with Crippen LogP contribution in [0.5, 0.6) is 5.75 Å². The fraction of sp³-hybridized carbons (Fsp3) is 0.467. The van der Waals surface area contributed by atoms with Gasteiger partial charge in [0.25, 0.3) is 0 Å². The van der Waals surface area contributed by atoms with E-state index in [9.17, 15) is 22.8 Å². The fourth-order valence-corrected chi connectivity index (χ4v) is 2.31. The number of rotatable bonds is 6. The molecule has 1 aromatic carbocycles. The molecule has 1 fully saturated rings. The number of benzene rings is 1. The van der Waals surface area contributed by atoms with Crippen LogP contribution < -0.4 is 10.1 Å². The van der Waals surface area contributed by atoms with Crippen molar-refractivity contribution in [3.63, 3.8) is 0 Å². The highest BCUT2D eigenvalue weighted by Crippen LogP contribution is 2.27. The number of ether oxygens (including phenoxy) is 1. The van der Waals surface area contributed by atoms with Gasteiger partial charge in [-0.25, -0.2) is 0 Å². The van der Waals surface area contributed by atoms with Crippen molar-refractivity contribution in [2.75, 3.05) is 6.61 Å². The van der Waals surface area contributed by atoms with Crippen LogP contribution in [0.4, 0.5) is 13.2 Å². The molecule has 0 unspecified atom stereocenters. The lowest BCUT2D eigenvalue weighted by Gasteiger charge is -2.32. The summed E-state index contributed by atoms with van der Waals surface area (Å²) in [5.41, 5.74) is 0.524. The second-order valence-corrected chi connectivity index (χ2v) is 5.50. The minimum absolute atomic E-state index is 0.00252. The van der Waals surface area contributed by atoms with Gasteiger partial charge >= 0.3 is 12.1 Å². The van der Waals surface area contributed by atoms with Crippen molar-refractivity contribution < 1.29 is 32.6 Å². The van der Waals surface area contributed by atoms with E-state index in [0.717, 1.165) is 0 Å². The van der Waals surface area contributed by atoms with Gasteiger partial charge in [-0.15, -0.1) is 0 Å². The smallest absolute Gasteiger partial charge is 0.422 e. The van der Waals surface area contributed by atoms with Crippen molar-refractivity contribution in [1.29, 1.82) is 0 Å². The molecule has 1 aliphatic carbocycles. The first-order chi connectivity index (χ1) is 10.7. The lowest BCUT2D eigenvalue weighted by Crippen LogP contribution is -2.47. The number of amides is 1. The van der Waals surface area contributed by atoms with Crippen LogP contribution in [-0.4, -0.2) is 35.8 Å². The van der Waals surface area contributed by atoms with E-state index in [2.05, 4.69) is 10.1 Å². The highest BCUT2D eigenvalue weighted by molar-refractivity contribution is 5.79. The molecule has 23 heavy (non-hydrogen) atoms. The Labute approximate surface area is 130 Å². The number of carbonyl (C=O) groups is 2. The van der Waals surface area contributed by atoms with Gasteiger partial charge in [0.1, 0.15) is 5.75 Å². The van der Waals surface area contributed by atoms with Crippen LogP contribution in [0.3, 0.4) is 0 Å². The van der Waals surface area contributed by atoms with Gasteiger partial charge in [-0.1, -0.05) is 12.1 Å². The normalized spacial score (nSPS) is 20.5. The summed E-state index contributed by atoms with van der Waals surface area (Å²) in [5, 5.41) is 11.5. The molecule has 8 heteroatoms. The molecule has 126 valence electrons. The van der Waals surface area contributed by atoms with Gasteiger partial charge in [-0.2, -0.15) is 13.2 Å². The molecule has 0 heterocycles. The van der Waals surface area contributed by atoms with Crippen LogP contribution in [-0.2, 0) is 16.0 Å². The molecule has 1 saturated carbocycles. The van der Waals surface area contributed by atoms with Crippen LogP contribution in [0, 0.1) is 5.92 Å². The second kappa shape index (κ2) is 6.89. The average molecular weight is 331 g/mol. The molecule has 0 atom stereocenters. The van der Waals surface area contributed by atoms with E-state index < -0.39 is 24.7 Å². The van der Waals surface area contributed by atoms with Gasteiger partial charge in [0.2, 0.25) is 5.91 Å². The van der Waals surface area contributed by atoms with E-state index in [1.165, 1.54) is 18.2 Å². The lowest BCUT2D eigenvalue weighted by molar-refractivity contribution is -0.153. The summed E-state index contributed by atoms with van der Waals surface area (Å²) < 4.78 is 40.9. The zero-order valence-electron chi connectivity index (χ0n) is 12.1. The van der Waals surface area contributed by atoms with Crippen LogP contribution in [0.2, 0.25) is 0 Å². The molecule has 2 rings (SSSR count). The summed E-state index contributed by atoms with van der Waals surface area (Å²) in [6, 6.07) is 5.73. The SMILES string of the molecule is O=C(Cc1cccc(OCC(F)(F)F)c1)NC1CC(C(=O)O)C1. The van der Waals surface area contributed by atoms with Gasteiger partial charge in [0.15, 0.2) is 6.61 Å². The summed E-state index contributed by atoms with van der Waals surface area (Å²) in [5.74, 6) is -1.54. The zero-order valence-corrected chi connectivity index (χ0v) is 12.1. The minimum atomic E-state index is -4.42. The topological polar surface area (TPSA) is 75.6 Å². The maximum absolute atomic E-state index is 12.1. The molecule has 1 aromatic rings. The van der Waals surface area contributed by atoms with Crippen molar-refractivity contribution in [3.05, 3.63) is 29.8 Å². The number of nitrogens with one attached hydrogen (secondary N) is 1. The number of hydrogen-bond donors (Lipinski definition) is 2. The first-order valence-electron chi connectivity index (χ1n) is 7.03. The van der Waals surface area contributed by atoms with Crippen molar-refractivity contribution in [2.24, 2.45) is 5.92 Å². The number of carboxylic acids is 1. The third-order valence-electron chi connectivity index (χ3n) is 3.52. The number of carboxylic acid groups (broad SMARTS) is 1. The third kappa shape index (κ3) is 5.46. The largest absolute Gasteiger partial charge is 0.484 e. The molecule has 1 aliphatic rings. The van der Waals surface area contributed by atoms with E-state index in [4.69, 9.17) is 5.11 Å². The molecule has 0 aliphatic heterocycles. The molecule has 5 nitrogen and oxygen atoms in total. The van der Waals surface area contributed by atoms with E-state index in [1.54, 1.807) is 6.07 Å². The van der Waals surface area contributed by atoms with Gasteiger partial charge in [-0.05, 0) is 30.5 Å². The predicted octanol–water partition coefficient (Wildman–Crippen LogP) is 2.15. The Balaban J connectivity index is 1.81. The van der Waals surface area contributed by atoms with Gasteiger partial charge < -0.3 is 15.2 Å².